The third-order valence-electron chi connectivity index (χ3n) is 3.23. The molecule has 1 aromatic carbocycles. The Bertz CT molecular complexity index is 809. The van der Waals surface area contributed by atoms with Gasteiger partial charge < -0.3 is 24.9 Å². The number of nitrogens with one attached hydrogen (secondary N) is 1. The molecule has 0 aliphatic carbocycles. The molecule has 0 atom stereocenters. The maximum Gasteiger partial charge on any atom is 0.330 e. The molecule has 2 amide bonds. The van der Waals surface area contributed by atoms with Gasteiger partial charge in [-0.15, -0.1) is 0 Å². The number of anilines is 1. The van der Waals surface area contributed by atoms with Crippen LogP contribution in [0.2, 0.25) is 0 Å². The van der Waals surface area contributed by atoms with Crippen LogP contribution in [0.5, 0.6) is 0 Å². The Morgan fingerprint density at radius 1 is 1.28 bits per heavy atom. The van der Waals surface area contributed by atoms with E-state index in [1.807, 2.05) is 0 Å². The number of benzene rings is 1. The number of amides is 2. The zero-order valence-corrected chi connectivity index (χ0v) is 13.6. The molecule has 0 bridgehead atoms. The number of primary amides is 1. The summed E-state index contributed by atoms with van der Waals surface area (Å²) < 4.78 is 15.0. The molecule has 0 fully saturated rings. The second-order valence-electron chi connectivity index (χ2n) is 4.97. The molecular weight excluding hydrogens is 328 g/mol. The van der Waals surface area contributed by atoms with E-state index in [1.54, 1.807) is 24.3 Å². The Morgan fingerprint density at radius 3 is 2.76 bits per heavy atom. The summed E-state index contributed by atoms with van der Waals surface area (Å²) in [5.41, 5.74) is 5.99. The second kappa shape index (κ2) is 8.65. The standard InChI is InChI=1S/C17H18N2O6/c1-23-14(21)7-4-9-24-10-8-13(20)19-15-11-5-2-3-6-12(11)25-16(15)17(18)22/h2-7H,8-10H2,1H3,(H2,18,22)(H,19,20). The molecule has 3 N–H and O–H groups in total. The summed E-state index contributed by atoms with van der Waals surface area (Å²) in [5, 5.41) is 3.22. The molecule has 2 rings (SSSR count). The molecule has 8 nitrogen and oxygen atoms in total. The molecule has 1 aromatic heterocycles. The summed E-state index contributed by atoms with van der Waals surface area (Å²) in [4.78, 5) is 34.4. The molecule has 0 aliphatic rings. The van der Waals surface area contributed by atoms with E-state index < -0.39 is 11.9 Å². The minimum Gasteiger partial charge on any atom is -0.466 e. The number of ether oxygens (including phenoxy) is 2. The van der Waals surface area contributed by atoms with Crippen LogP contribution in [0, 0.1) is 0 Å². The van der Waals surface area contributed by atoms with E-state index in [2.05, 4.69) is 10.1 Å². The summed E-state index contributed by atoms with van der Waals surface area (Å²) in [6.45, 7) is 0.308. The van der Waals surface area contributed by atoms with Crippen molar-refractivity contribution in [3.8, 4) is 0 Å². The predicted octanol–water partition coefficient (Wildman–Crippen LogP) is 1.61. The second-order valence-corrected chi connectivity index (χ2v) is 4.97. The predicted molar refractivity (Wildman–Crippen MR) is 90.0 cm³/mol. The van der Waals surface area contributed by atoms with Gasteiger partial charge in [0, 0.05) is 11.5 Å². The zero-order valence-electron chi connectivity index (χ0n) is 13.6. The molecule has 0 spiro atoms. The smallest absolute Gasteiger partial charge is 0.330 e. The summed E-state index contributed by atoms with van der Waals surface area (Å²) in [6, 6.07) is 6.90. The highest BCUT2D eigenvalue weighted by molar-refractivity contribution is 6.10. The van der Waals surface area contributed by atoms with Gasteiger partial charge in [-0.3, -0.25) is 9.59 Å². The lowest BCUT2D eigenvalue weighted by atomic mass is 10.2. The van der Waals surface area contributed by atoms with Gasteiger partial charge in [0.05, 0.1) is 26.7 Å². The van der Waals surface area contributed by atoms with Crippen LogP contribution < -0.4 is 11.1 Å². The van der Waals surface area contributed by atoms with Gasteiger partial charge in [0.1, 0.15) is 11.3 Å². The van der Waals surface area contributed by atoms with E-state index in [1.165, 1.54) is 19.3 Å². The molecule has 2 aromatic rings. The van der Waals surface area contributed by atoms with Crippen molar-refractivity contribution in [2.75, 3.05) is 25.6 Å². The van der Waals surface area contributed by atoms with Gasteiger partial charge in [-0.25, -0.2) is 4.79 Å². The van der Waals surface area contributed by atoms with Crippen LogP contribution in [0.1, 0.15) is 17.0 Å². The van der Waals surface area contributed by atoms with Crippen LogP contribution in [-0.4, -0.2) is 38.1 Å². The van der Waals surface area contributed by atoms with Crippen molar-refractivity contribution in [1.29, 1.82) is 0 Å². The molecule has 0 radical (unpaired) electrons. The Morgan fingerprint density at radius 2 is 2.04 bits per heavy atom. The molecule has 8 heteroatoms. The van der Waals surface area contributed by atoms with Gasteiger partial charge in [0.25, 0.3) is 5.91 Å². The quantitative estimate of drug-likeness (QED) is 0.425. The fraction of sp³-hybridized carbons (Fsp3) is 0.235. The summed E-state index contributed by atoms with van der Waals surface area (Å²) in [7, 11) is 1.28. The number of hydrogen-bond donors (Lipinski definition) is 2. The number of carbonyl (C=O) groups is 3. The number of nitrogens with two attached hydrogens (primary N) is 1. The minimum absolute atomic E-state index is 0.0593. The van der Waals surface area contributed by atoms with Crippen molar-refractivity contribution in [2.45, 2.75) is 6.42 Å². The first-order chi connectivity index (χ1) is 12.0. The lowest BCUT2D eigenvalue weighted by molar-refractivity contribution is -0.134. The molecule has 25 heavy (non-hydrogen) atoms. The Hall–Kier alpha value is -3.13. The largest absolute Gasteiger partial charge is 0.466 e. The summed E-state index contributed by atoms with van der Waals surface area (Å²) in [6.07, 6.45) is 2.78. The summed E-state index contributed by atoms with van der Waals surface area (Å²) >= 11 is 0. The number of rotatable bonds is 8. The van der Waals surface area contributed by atoms with E-state index >= 15 is 0 Å². The van der Waals surface area contributed by atoms with Crippen molar-refractivity contribution in [3.63, 3.8) is 0 Å². The number of furan rings is 1. The fourth-order valence-electron chi connectivity index (χ4n) is 2.07. The van der Waals surface area contributed by atoms with Crippen LogP contribution in [0.25, 0.3) is 11.0 Å². The molecule has 0 saturated carbocycles. The monoisotopic (exact) mass is 346 g/mol. The normalized spacial score (nSPS) is 10.9. The zero-order chi connectivity index (χ0) is 18.2. The average Bonchev–Trinajstić information content (AvgIpc) is 2.96. The number of methoxy groups -OCH3 is 1. The third kappa shape index (κ3) is 4.92. The maximum absolute atomic E-state index is 12.0. The Kier molecular flexibility index (Phi) is 6.30. The first-order valence-corrected chi connectivity index (χ1v) is 7.46. The number of para-hydroxylation sites is 1. The van der Waals surface area contributed by atoms with Gasteiger partial charge in [-0.1, -0.05) is 18.2 Å². The van der Waals surface area contributed by atoms with E-state index in [9.17, 15) is 14.4 Å². The minimum atomic E-state index is -0.768. The number of esters is 1. The molecule has 0 aliphatic heterocycles. The van der Waals surface area contributed by atoms with Crippen LogP contribution in [0.4, 0.5) is 5.69 Å². The van der Waals surface area contributed by atoms with Gasteiger partial charge >= 0.3 is 5.97 Å². The van der Waals surface area contributed by atoms with Crippen LogP contribution in [0.15, 0.2) is 40.8 Å². The molecule has 0 unspecified atom stereocenters. The van der Waals surface area contributed by atoms with Crippen molar-refractivity contribution in [3.05, 3.63) is 42.2 Å². The third-order valence-corrected chi connectivity index (χ3v) is 3.23. The summed E-state index contributed by atoms with van der Waals surface area (Å²) in [5.74, 6) is -1.70. The van der Waals surface area contributed by atoms with E-state index in [-0.39, 0.29) is 37.0 Å². The van der Waals surface area contributed by atoms with Gasteiger partial charge in [0.15, 0.2) is 0 Å². The van der Waals surface area contributed by atoms with E-state index in [4.69, 9.17) is 14.9 Å². The van der Waals surface area contributed by atoms with Gasteiger partial charge in [-0.2, -0.15) is 0 Å². The fourth-order valence-corrected chi connectivity index (χ4v) is 2.07. The number of carbonyl (C=O) groups excluding carboxylic acids is 3. The van der Waals surface area contributed by atoms with Crippen molar-refractivity contribution >= 4 is 34.4 Å². The average molecular weight is 346 g/mol. The van der Waals surface area contributed by atoms with Gasteiger partial charge in [-0.05, 0) is 12.1 Å². The van der Waals surface area contributed by atoms with Crippen LogP contribution in [0.3, 0.4) is 0 Å². The van der Waals surface area contributed by atoms with Crippen molar-refractivity contribution in [2.24, 2.45) is 5.73 Å². The Balaban J connectivity index is 1.91. The van der Waals surface area contributed by atoms with Crippen molar-refractivity contribution in [1.82, 2.24) is 0 Å². The topological polar surface area (TPSA) is 121 Å². The number of fused-ring (bicyclic) bond motifs is 1. The highest BCUT2D eigenvalue weighted by atomic mass is 16.5. The first-order valence-electron chi connectivity index (χ1n) is 7.46. The molecule has 0 saturated heterocycles. The molecule has 1 heterocycles. The lowest BCUT2D eigenvalue weighted by Gasteiger charge is -2.05. The van der Waals surface area contributed by atoms with E-state index in [0.29, 0.717) is 11.0 Å². The number of hydrogen-bond acceptors (Lipinski definition) is 6. The highest BCUT2D eigenvalue weighted by Crippen LogP contribution is 2.30. The maximum atomic E-state index is 12.0. The highest BCUT2D eigenvalue weighted by Gasteiger charge is 2.19. The molecule has 132 valence electrons. The van der Waals surface area contributed by atoms with Crippen LogP contribution in [-0.2, 0) is 19.1 Å². The SMILES string of the molecule is COC(=O)C=CCOCCC(=O)Nc1c(C(N)=O)oc2ccccc12. The van der Waals surface area contributed by atoms with Gasteiger partial charge in [0.2, 0.25) is 11.7 Å². The van der Waals surface area contributed by atoms with Crippen molar-refractivity contribution < 1.29 is 28.3 Å². The Labute approximate surface area is 143 Å². The first kappa shape index (κ1) is 18.2. The lowest BCUT2D eigenvalue weighted by Crippen LogP contribution is -2.18. The molecular formula is C17H18N2O6. The van der Waals surface area contributed by atoms with E-state index in [0.717, 1.165) is 0 Å². The van der Waals surface area contributed by atoms with Crippen LogP contribution >= 0.6 is 0 Å².